The van der Waals surface area contributed by atoms with Crippen molar-refractivity contribution in [3.63, 3.8) is 0 Å². The van der Waals surface area contributed by atoms with Crippen LogP contribution in [0.5, 0.6) is 0 Å². The molecular weight excluding hydrogens is 315 g/mol. The molecule has 1 aliphatic rings. The molecule has 0 amide bonds. The fourth-order valence-corrected chi connectivity index (χ4v) is 5.41. The van der Waals surface area contributed by atoms with E-state index in [2.05, 4.69) is 60.7 Å². The first-order chi connectivity index (χ1) is 11.8. The van der Waals surface area contributed by atoms with Crippen LogP contribution >= 0.6 is 7.92 Å². The second kappa shape index (κ2) is 7.90. The van der Waals surface area contributed by atoms with E-state index in [1.807, 2.05) is 24.3 Å². The van der Waals surface area contributed by atoms with Gasteiger partial charge in [-0.15, -0.1) is 0 Å². The van der Waals surface area contributed by atoms with Crippen LogP contribution in [0.4, 0.5) is 0 Å². The van der Waals surface area contributed by atoms with Gasteiger partial charge in [0.2, 0.25) is 0 Å². The Morgan fingerprint density at radius 2 is 1.54 bits per heavy atom. The fraction of sp³-hybridized carbons (Fsp3) is 0.0952. The second-order valence-corrected chi connectivity index (χ2v) is 7.73. The number of allylic oxidation sites excluding steroid dienone is 5. The van der Waals surface area contributed by atoms with Crippen molar-refractivity contribution < 1.29 is 9.53 Å². The van der Waals surface area contributed by atoms with E-state index >= 15 is 0 Å². The average Bonchev–Trinajstić information content (AvgIpc) is 2.65. The number of hydrogen-bond acceptors (Lipinski definition) is 2. The first-order valence-corrected chi connectivity index (χ1v) is 9.24. The molecule has 0 saturated carbocycles. The molecular formula is C21H19O2P. The van der Waals surface area contributed by atoms with E-state index in [0.29, 0.717) is 0 Å². The lowest BCUT2D eigenvalue weighted by Gasteiger charge is -2.28. The molecule has 0 N–H and O–H groups in total. The van der Waals surface area contributed by atoms with Crippen LogP contribution in [0.25, 0.3) is 0 Å². The van der Waals surface area contributed by atoms with Crippen LogP contribution in [0.2, 0.25) is 0 Å². The summed E-state index contributed by atoms with van der Waals surface area (Å²) in [6, 6.07) is 21.0. The maximum Gasteiger partial charge on any atom is 0.330 e. The van der Waals surface area contributed by atoms with Crippen LogP contribution in [0, 0.1) is 0 Å². The molecule has 0 radical (unpaired) electrons. The van der Waals surface area contributed by atoms with Gasteiger partial charge in [0.15, 0.2) is 0 Å². The summed E-state index contributed by atoms with van der Waals surface area (Å²) in [5, 5.41) is 2.58. The summed E-state index contributed by atoms with van der Waals surface area (Å²) in [6.07, 6.45) is 9.81. The highest BCUT2D eigenvalue weighted by Crippen LogP contribution is 2.45. The maximum absolute atomic E-state index is 11.8. The van der Waals surface area contributed by atoms with Gasteiger partial charge >= 0.3 is 5.97 Å². The van der Waals surface area contributed by atoms with Gasteiger partial charge in [-0.25, -0.2) is 4.79 Å². The Hall–Kier alpha value is -2.44. The summed E-state index contributed by atoms with van der Waals surface area (Å²) >= 11 is 0. The summed E-state index contributed by atoms with van der Waals surface area (Å²) < 4.78 is 4.83. The van der Waals surface area contributed by atoms with E-state index in [1.165, 1.54) is 17.7 Å². The molecule has 0 fully saturated rings. The maximum atomic E-state index is 11.8. The zero-order valence-corrected chi connectivity index (χ0v) is 14.4. The molecule has 0 aliphatic heterocycles. The highest BCUT2D eigenvalue weighted by Gasteiger charge is 2.26. The van der Waals surface area contributed by atoms with Crippen LogP contribution in [0.1, 0.15) is 0 Å². The Morgan fingerprint density at radius 3 is 2.08 bits per heavy atom. The van der Waals surface area contributed by atoms with Gasteiger partial charge < -0.3 is 4.74 Å². The third-order valence-electron chi connectivity index (χ3n) is 3.87. The molecule has 3 rings (SSSR count). The molecule has 0 bridgehead atoms. The van der Waals surface area contributed by atoms with E-state index in [0.717, 1.165) is 5.57 Å². The van der Waals surface area contributed by atoms with E-state index in [4.69, 9.17) is 4.74 Å². The molecule has 0 heterocycles. The van der Waals surface area contributed by atoms with Crippen molar-refractivity contribution >= 4 is 24.5 Å². The smallest absolute Gasteiger partial charge is 0.330 e. The number of methoxy groups -OCH3 is 1. The molecule has 1 atom stereocenters. The lowest BCUT2D eigenvalue weighted by atomic mass is 10.1. The lowest BCUT2D eigenvalue weighted by molar-refractivity contribution is -0.134. The molecule has 3 heteroatoms. The van der Waals surface area contributed by atoms with Crippen LogP contribution in [0.3, 0.4) is 0 Å². The first kappa shape index (κ1) is 16.4. The summed E-state index contributed by atoms with van der Waals surface area (Å²) in [5.74, 6) is -0.314. The molecule has 120 valence electrons. The van der Waals surface area contributed by atoms with Crippen molar-refractivity contribution in [1.82, 2.24) is 0 Å². The van der Waals surface area contributed by atoms with E-state index < -0.39 is 7.92 Å². The highest BCUT2D eigenvalue weighted by molar-refractivity contribution is 7.74. The Balaban J connectivity index is 2.08. The normalized spacial score (nSPS) is 18.1. The monoisotopic (exact) mass is 334 g/mol. The molecule has 0 saturated heterocycles. The van der Waals surface area contributed by atoms with Gasteiger partial charge in [-0.05, 0) is 24.1 Å². The Kier molecular flexibility index (Phi) is 5.40. The predicted molar refractivity (Wildman–Crippen MR) is 101 cm³/mol. The van der Waals surface area contributed by atoms with Crippen molar-refractivity contribution in [1.29, 1.82) is 0 Å². The number of benzene rings is 2. The molecule has 2 aromatic rings. The van der Waals surface area contributed by atoms with Crippen molar-refractivity contribution in [3.8, 4) is 0 Å². The summed E-state index contributed by atoms with van der Waals surface area (Å²) in [7, 11) is 0.753. The largest absolute Gasteiger partial charge is 0.466 e. The number of hydrogen-bond donors (Lipinski definition) is 0. The highest BCUT2D eigenvalue weighted by atomic mass is 31.1. The predicted octanol–water partition coefficient (Wildman–Crippen LogP) is 3.71. The number of ether oxygens (including phenoxy) is 1. The number of carbonyl (C=O) groups is 1. The van der Waals surface area contributed by atoms with Gasteiger partial charge in [-0.3, -0.25) is 0 Å². The van der Waals surface area contributed by atoms with Crippen LogP contribution in [-0.4, -0.2) is 18.7 Å². The van der Waals surface area contributed by atoms with Gasteiger partial charge in [0, 0.05) is 11.7 Å². The van der Waals surface area contributed by atoms with Gasteiger partial charge in [0.05, 0.1) is 7.11 Å². The van der Waals surface area contributed by atoms with Crippen molar-refractivity contribution in [2.45, 2.75) is 5.66 Å². The van der Waals surface area contributed by atoms with Crippen molar-refractivity contribution in [3.05, 3.63) is 96.6 Å². The van der Waals surface area contributed by atoms with Gasteiger partial charge in [0.1, 0.15) is 0 Å². The summed E-state index contributed by atoms with van der Waals surface area (Å²) in [5.41, 5.74) is 1.14. The Bertz CT molecular complexity index is 737. The minimum atomic E-state index is -0.658. The Labute approximate surface area is 143 Å². The SMILES string of the molecule is COC(=O)C=C1C=CC=CC1P(c1ccccc1)c1ccccc1. The number of rotatable bonds is 4. The van der Waals surface area contributed by atoms with Crippen molar-refractivity contribution in [2.75, 3.05) is 7.11 Å². The zero-order chi connectivity index (χ0) is 16.8. The van der Waals surface area contributed by atoms with E-state index in [1.54, 1.807) is 6.08 Å². The first-order valence-electron chi connectivity index (χ1n) is 7.83. The van der Waals surface area contributed by atoms with Gasteiger partial charge in [-0.2, -0.15) is 0 Å². The van der Waals surface area contributed by atoms with Gasteiger partial charge in [0.25, 0.3) is 0 Å². The summed E-state index contributed by atoms with van der Waals surface area (Å²) in [4.78, 5) is 11.8. The molecule has 24 heavy (non-hydrogen) atoms. The minimum absolute atomic E-state index is 0.147. The molecule has 0 spiro atoms. The van der Waals surface area contributed by atoms with E-state index in [9.17, 15) is 4.79 Å². The number of carbonyl (C=O) groups excluding carboxylic acids is 1. The van der Waals surface area contributed by atoms with Crippen LogP contribution in [-0.2, 0) is 9.53 Å². The molecule has 2 nitrogen and oxygen atoms in total. The molecule has 1 aliphatic carbocycles. The molecule has 0 aromatic heterocycles. The van der Waals surface area contributed by atoms with Gasteiger partial charge in [-0.1, -0.05) is 85.0 Å². The zero-order valence-electron chi connectivity index (χ0n) is 13.5. The minimum Gasteiger partial charge on any atom is -0.466 e. The quantitative estimate of drug-likeness (QED) is 0.484. The lowest BCUT2D eigenvalue weighted by Crippen LogP contribution is -2.23. The van der Waals surface area contributed by atoms with Crippen LogP contribution < -0.4 is 10.6 Å². The second-order valence-electron chi connectivity index (χ2n) is 5.40. The summed E-state index contributed by atoms with van der Waals surface area (Å²) in [6.45, 7) is 0. The third kappa shape index (κ3) is 3.72. The average molecular weight is 334 g/mol. The number of esters is 1. The fourth-order valence-electron chi connectivity index (χ4n) is 2.76. The van der Waals surface area contributed by atoms with E-state index in [-0.39, 0.29) is 11.6 Å². The Morgan fingerprint density at radius 1 is 0.958 bits per heavy atom. The molecule has 2 aromatic carbocycles. The van der Waals surface area contributed by atoms with Crippen molar-refractivity contribution in [2.24, 2.45) is 0 Å². The van der Waals surface area contributed by atoms with Crippen LogP contribution in [0.15, 0.2) is 96.6 Å². The topological polar surface area (TPSA) is 26.3 Å². The third-order valence-corrected chi connectivity index (χ3v) is 6.60. The molecule has 1 unspecified atom stereocenters. The standard InChI is InChI=1S/C21H19O2P/c1-23-21(22)16-17-10-8-9-15-20(17)24(18-11-4-2-5-12-18)19-13-6-3-7-14-19/h2-16,20H,1H3.